The molecule has 0 aromatic heterocycles. The van der Waals surface area contributed by atoms with Crippen molar-refractivity contribution < 1.29 is 14.3 Å². The Balaban J connectivity index is 1.50. The lowest BCUT2D eigenvalue weighted by Crippen LogP contribution is -2.44. The predicted octanol–water partition coefficient (Wildman–Crippen LogP) is 1.96. The Morgan fingerprint density at radius 1 is 1.04 bits per heavy atom. The third kappa shape index (κ3) is 5.31. The van der Waals surface area contributed by atoms with Crippen molar-refractivity contribution >= 4 is 17.5 Å². The van der Waals surface area contributed by atoms with E-state index in [1.54, 1.807) is 19.1 Å². The van der Waals surface area contributed by atoms with Gasteiger partial charge in [-0.2, -0.15) is 0 Å². The maximum absolute atomic E-state index is 12.4. The van der Waals surface area contributed by atoms with Crippen molar-refractivity contribution in [3.63, 3.8) is 0 Å². The third-order valence-electron chi connectivity index (χ3n) is 4.56. The Kier molecular flexibility index (Phi) is 6.44. The second-order valence-electron chi connectivity index (χ2n) is 6.54. The maximum Gasteiger partial charge on any atom is 0.251 e. The summed E-state index contributed by atoms with van der Waals surface area (Å²) in [4.78, 5) is 26.8. The molecule has 6 nitrogen and oxygen atoms in total. The minimum absolute atomic E-state index is 0.211. The van der Waals surface area contributed by atoms with Crippen LogP contribution in [0.2, 0.25) is 0 Å². The molecule has 3 rings (SSSR count). The van der Waals surface area contributed by atoms with Crippen LogP contribution >= 0.6 is 0 Å². The average molecular weight is 367 g/mol. The van der Waals surface area contributed by atoms with Crippen molar-refractivity contribution in [2.24, 2.45) is 0 Å². The first-order chi connectivity index (χ1) is 13.1. The number of hydrogen-bond donors (Lipinski definition) is 2. The van der Waals surface area contributed by atoms with Crippen LogP contribution in [-0.2, 0) is 16.1 Å². The molecule has 1 heterocycles. The van der Waals surface area contributed by atoms with E-state index in [0.29, 0.717) is 12.1 Å². The Labute approximate surface area is 159 Å². The molecule has 2 amide bonds. The van der Waals surface area contributed by atoms with Crippen LogP contribution in [0.15, 0.2) is 54.6 Å². The van der Waals surface area contributed by atoms with E-state index in [-0.39, 0.29) is 11.8 Å². The molecule has 27 heavy (non-hydrogen) atoms. The van der Waals surface area contributed by atoms with E-state index in [4.69, 9.17) is 4.74 Å². The Bertz CT molecular complexity index is 756. The molecule has 0 radical (unpaired) electrons. The number of carbonyl (C=O) groups excluding carboxylic acids is 2. The summed E-state index contributed by atoms with van der Waals surface area (Å²) in [7, 11) is 0. The van der Waals surface area contributed by atoms with E-state index in [1.165, 1.54) is 0 Å². The Morgan fingerprint density at radius 3 is 2.37 bits per heavy atom. The first-order valence-corrected chi connectivity index (χ1v) is 9.19. The molecular weight excluding hydrogens is 342 g/mol. The normalized spacial score (nSPS) is 15.1. The molecule has 1 aliphatic heterocycles. The second kappa shape index (κ2) is 9.19. The van der Waals surface area contributed by atoms with Gasteiger partial charge in [-0.15, -0.1) is 0 Å². The van der Waals surface area contributed by atoms with Crippen molar-refractivity contribution in [3.05, 3.63) is 65.7 Å². The highest BCUT2D eigenvalue weighted by atomic mass is 16.5. The van der Waals surface area contributed by atoms with Gasteiger partial charge >= 0.3 is 0 Å². The van der Waals surface area contributed by atoms with Gasteiger partial charge in [0.1, 0.15) is 6.04 Å². The number of nitrogens with zero attached hydrogens (tertiary/aromatic N) is 1. The zero-order chi connectivity index (χ0) is 19.1. The van der Waals surface area contributed by atoms with Crippen LogP contribution in [0.4, 0.5) is 5.69 Å². The fraction of sp³-hybridized carbons (Fsp3) is 0.333. The minimum atomic E-state index is -0.611. The minimum Gasteiger partial charge on any atom is -0.378 e. The van der Waals surface area contributed by atoms with Gasteiger partial charge in [0, 0.05) is 30.9 Å². The lowest BCUT2D eigenvalue weighted by molar-refractivity contribution is -0.122. The van der Waals surface area contributed by atoms with Gasteiger partial charge in [0.05, 0.1) is 13.2 Å². The lowest BCUT2D eigenvalue weighted by Gasteiger charge is -2.28. The SMILES string of the molecule is CC(NC(=O)c1ccc(N2CCOCC2)cc1)C(=O)NCc1ccccc1. The molecular formula is C21H25N3O3. The molecule has 0 saturated carbocycles. The van der Waals surface area contributed by atoms with Crippen LogP contribution < -0.4 is 15.5 Å². The van der Waals surface area contributed by atoms with Gasteiger partial charge in [-0.25, -0.2) is 0 Å². The number of hydrogen-bond acceptors (Lipinski definition) is 4. The topological polar surface area (TPSA) is 70.7 Å². The van der Waals surface area contributed by atoms with Crippen LogP contribution in [0.1, 0.15) is 22.8 Å². The van der Waals surface area contributed by atoms with Crippen LogP contribution in [0.5, 0.6) is 0 Å². The third-order valence-corrected chi connectivity index (χ3v) is 4.56. The summed E-state index contributed by atoms with van der Waals surface area (Å²) in [6.45, 7) is 5.26. The van der Waals surface area contributed by atoms with Gasteiger partial charge in [0.2, 0.25) is 5.91 Å². The van der Waals surface area contributed by atoms with E-state index < -0.39 is 6.04 Å². The zero-order valence-electron chi connectivity index (χ0n) is 15.5. The van der Waals surface area contributed by atoms with Gasteiger partial charge < -0.3 is 20.3 Å². The number of nitrogens with one attached hydrogen (secondary N) is 2. The highest BCUT2D eigenvalue weighted by molar-refractivity contribution is 5.97. The monoisotopic (exact) mass is 367 g/mol. The average Bonchev–Trinajstić information content (AvgIpc) is 2.73. The molecule has 2 N–H and O–H groups in total. The predicted molar refractivity (Wildman–Crippen MR) is 105 cm³/mol. The van der Waals surface area contributed by atoms with Gasteiger partial charge in [-0.1, -0.05) is 30.3 Å². The van der Waals surface area contributed by atoms with Gasteiger partial charge in [-0.05, 0) is 36.8 Å². The molecule has 1 fully saturated rings. The fourth-order valence-electron chi connectivity index (χ4n) is 2.93. The molecule has 1 aliphatic rings. The highest BCUT2D eigenvalue weighted by Gasteiger charge is 2.17. The van der Waals surface area contributed by atoms with Crippen LogP contribution in [-0.4, -0.2) is 44.2 Å². The van der Waals surface area contributed by atoms with Gasteiger partial charge in [0.15, 0.2) is 0 Å². The molecule has 1 unspecified atom stereocenters. The molecule has 0 spiro atoms. The van der Waals surface area contributed by atoms with E-state index >= 15 is 0 Å². The van der Waals surface area contributed by atoms with Crippen LogP contribution in [0, 0.1) is 0 Å². The Hall–Kier alpha value is -2.86. The number of benzene rings is 2. The first-order valence-electron chi connectivity index (χ1n) is 9.19. The van der Waals surface area contributed by atoms with Crippen LogP contribution in [0.25, 0.3) is 0 Å². The van der Waals surface area contributed by atoms with E-state index in [9.17, 15) is 9.59 Å². The quantitative estimate of drug-likeness (QED) is 0.819. The number of morpholine rings is 1. The fourth-order valence-corrected chi connectivity index (χ4v) is 2.93. The van der Waals surface area contributed by atoms with E-state index in [0.717, 1.165) is 37.6 Å². The number of rotatable bonds is 6. The summed E-state index contributed by atoms with van der Waals surface area (Å²) >= 11 is 0. The summed E-state index contributed by atoms with van der Waals surface area (Å²) in [6.07, 6.45) is 0. The van der Waals surface area contributed by atoms with Crippen molar-refractivity contribution in [2.75, 3.05) is 31.2 Å². The Morgan fingerprint density at radius 2 is 1.70 bits per heavy atom. The smallest absolute Gasteiger partial charge is 0.251 e. The zero-order valence-corrected chi connectivity index (χ0v) is 15.5. The molecule has 0 bridgehead atoms. The largest absolute Gasteiger partial charge is 0.378 e. The summed E-state index contributed by atoms with van der Waals surface area (Å²) in [5, 5.41) is 5.58. The van der Waals surface area contributed by atoms with E-state index in [2.05, 4.69) is 15.5 Å². The summed E-state index contributed by atoms with van der Waals surface area (Å²) < 4.78 is 5.35. The highest BCUT2D eigenvalue weighted by Crippen LogP contribution is 2.16. The standard InChI is InChI=1S/C21H25N3O3/c1-16(20(25)22-15-17-5-3-2-4-6-17)23-21(26)18-7-9-19(10-8-18)24-11-13-27-14-12-24/h2-10,16H,11-15H2,1H3,(H,22,25)(H,23,26). The number of carbonyl (C=O) groups is 2. The van der Waals surface area contributed by atoms with Crippen molar-refractivity contribution in [2.45, 2.75) is 19.5 Å². The second-order valence-corrected chi connectivity index (χ2v) is 6.54. The van der Waals surface area contributed by atoms with Gasteiger partial charge in [-0.3, -0.25) is 9.59 Å². The van der Waals surface area contributed by atoms with Crippen molar-refractivity contribution in [3.8, 4) is 0 Å². The summed E-state index contributed by atoms with van der Waals surface area (Å²) in [5.74, 6) is -0.469. The number of amides is 2. The van der Waals surface area contributed by atoms with Crippen molar-refractivity contribution in [1.82, 2.24) is 10.6 Å². The summed E-state index contributed by atoms with van der Waals surface area (Å²) in [6, 6.07) is 16.5. The maximum atomic E-state index is 12.4. The molecule has 1 saturated heterocycles. The molecule has 1 atom stereocenters. The van der Waals surface area contributed by atoms with E-state index in [1.807, 2.05) is 42.5 Å². The summed E-state index contributed by atoms with van der Waals surface area (Å²) in [5.41, 5.74) is 2.63. The first kappa shape index (κ1) is 18.9. The lowest BCUT2D eigenvalue weighted by atomic mass is 10.1. The number of ether oxygens (including phenoxy) is 1. The van der Waals surface area contributed by atoms with Crippen molar-refractivity contribution in [1.29, 1.82) is 0 Å². The molecule has 0 aliphatic carbocycles. The molecule has 6 heteroatoms. The number of anilines is 1. The van der Waals surface area contributed by atoms with Crippen LogP contribution in [0.3, 0.4) is 0 Å². The molecule has 142 valence electrons. The molecule has 2 aromatic rings. The van der Waals surface area contributed by atoms with Gasteiger partial charge in [0.25, 0.3) is 5.91 Å². The molecule has 2 aromatic carbocycles.